The van der Waals surface area contributed by atoms with Crippen molar-refractivity contribution in [1.82, 2.24) is 19.8 Å². The van der Waals surface area contributed by atoms with Crippen LogP contribution in [-0.2, 0) is 17.9 Å². The van der Waals surface area contributed by atoms with Crippen LogP contribution in [0, 0.1) is 0 Å². The van der Waals surface area contributed by atoms with E-state index in [1.807, 2.05) is 79.1 Å². The molecule has 1 amide bonds. The van der Waals surface area contributed by atoms with Crippen LogP contribution < -0.4 is 5.56 Å². The topological polar surface area (TPSA) is 69.3 Å². The van der Waals surface area contributed by atoms with Gasteiger partial charge >= 0.3 is 0 Å². The first-order valence-electron chi connectivity index (χ1n) is 10.1. The Balaban J connectivity index is 1.76. The third kappa shape index (κ3) is 4.90. The molecule has 0 spiro atoms. The number of nitrogens with zero attached hydrogens (tertiary/aromatic N) is 3. The maximum absolute atomic E-state index is 13.1. The summed E-state index contributed by atoms with van der Waals surface area (Å²) < 4.78 is 0. The number of aromatic nitrogens is 2. The Hall–Kier alpha value is -2.99. The zero-order chi connectivity index (χ0) is 20.8. The molecule has 1 aromatic heterocycles. The predicted molar refractivity (Wildman–Crippen MR) is 115 cm³/mol. The normalized spacial score (nSPS) is 12.3. The molecule has 6 heteroatoms. The van der Waals surface area contributed by atoms with Gasteiger partial charge in [-0.2, -0.15) is 0 Å². The Morgan fingerprint density at radius 2 is 1.69 bits per heavy atom. The van der Waals surface area contributed by atoms with Gasteiger partial charge in [0.25, 0.3) is 5.56 Å². The molecular formula is C23H28N4O2. The summed E-state index contributed by atoms with van der Waals surface area (Å²) >= 11 is 0. The summed E-state index contributed by atoms with van der Waals surface area (Å²) in [6, 6.07) is 17.0. The van der Waals surface area contributed by atoms with E-state index >= 15 is 0 Å². The van der Waals surface area contributed by atoms with Gasteiger partial charge in [0.05, 0.1) is 23.5 Å². The maximum Gasteiger partial charge on any atom is 0.258 e. The number of amides is 1. The van der Waals surface area contributed by atoms with Crippen molar-refractivity contribution in [1.29, 1.82) is 0 Å². The van der Waals surface area contributed by atoms with Gasteiger partial charge in [-0.3, -0.25) is 14.5 Å². The number of likely N-dealkylation sites (N-methyl/N-ethyl adjacent to an activating group) is 2. The van der Waals surface area contributed by atoms with Gasteiger partial charge < -0.3 is 9.88 Å². The molecule has 0 saturated heterocycles. The van der Waals surface area contributed by atoms with Crippen molar-refractivity contribution in [2.75, 3.05) is 13.1 Å². The zero-order valence-corrected chi connectivity index (χ0v) is 17.3. The van der Waals surface area contributed by atoms with E-state index in [0.29, 0.717) is 42.9 Å². The number of carbonyl (C=O) groups excluding carboxylic acids is 1. The summed E-state index contributed by atoms with van der Waals surface area (Å²) in [6.45, 7) is 8.23. The van der Waals surface area contributed by atoms with Gasteiger partial charge in [0.1, 0.15) is 5.82 Å². The van der Waals surface area contributed by atoms with Gasteiger partial charge in [-0.1, -0.05) is 49.4 Å². The van der Waals surface area contributed by atoms with Crippen LogP contribution in [0.15, 0.2) is 59.4 Å². The van der Waals surface area contributed by atoms with Gasteiger partial charge in [0.2, 0.25) is 5.91 Å². The van der Waals surface area contributed by atoms with Crippen molar-refractivity contribution in [3.05, 3.63) is 76.3 Å². The minimum atomic E-state index is -0.319. The first-order chi connectivity index (χ1) is 14.0. The van der Waals surface area contributed by atoms with Crippen LogP contribution >= 0.6 is 0 Å². The minimum Gasteiger partial charge on any atom is -0.337 e. The highest BCUT2D eigenvalue weighted by Crippen LogP contribution is 2.12. The number of hydrogen-bond donors (Lipinski definition) is 1. The van der Waals surface area contributed by atoms with Crippen molar-refractivity contribution in [2.45, 2.75) is 39.9 Å². The monoisotopic (exact) mass is 392 g/mol. The third-order valence-corrected chi connectivity index (χ3v) is 5.24. The van der Waals surface area contributed by atoms with Gasteiger partial charge in [0.15, 0.2) is 0 Å². The number of aromatic amines is 1. The Bertz CT molecular complexity index is 1020. The van der Waals surface area contributed by atoms with E-state index < -0.39 is 0 Å². The standard InChI is InChI=1S/C23H28N4O2/c1-4-26(16-21-24-20-14-10-9-13-19(20)22(28)25-21)17(3)23(29)27(5-2)15-18-11-7-6-8-12-18/h6-14,17H,4-5,15-16H2,1-3H3,(H,24,25,28). The second kappa shape index (κ2) is 9.47. The van der Waals surface area contributed by atoms with E-state index in [-0.39, 0.29) is 17.5 Å². The molecule has 1 atom stereocenters. The second-order valence-electron chi connectivity index (χ2n) is 7.11. The third-order valence-electron chi connectivity index (χ3n) is 5.24. The van der Waals surface area contributed by atoms with Gasteiger partial charge in [-0.25, -0.2) is 4.98 Å². The minimum absolute atomic E-state index is 0.0707. The van der Waals surface area contributed by atoms with Crippen LogP contribution in [0.3, 0.4) is 0 Å². The van der Waals surface area contributed by atoms with Crippen LogP contribution in [-0.4, -0.2) is 44.8 Å². The summed E-state index contributed by atoms with van der Waals surface area (Å²) in [4.78, 5) is 36.8. The number of fused-ring (bicyclic) bond motifs is 1. The summed E-state index contributed by atoms with van der Waals surface area (Å²) in [7, 11) is 0. The molecule has 1 unspecified atom stereocenters. The fourth-order valence-electron chi connectivity index (χ4n) is 3.49. The largest absolute Gasteiger partial charge is 0.337 e. The number of H-pyrrole nitrogens is 1. The lowest BCUT2D eigenvalue weighted by atomic mass is 10.1. The molecular weight excluding hydrogens is 364 g/mol. The highest BCUT2D eigenvalue weighted by Gasteiger charge is 2.25. The molecule has 3 rings (SSSR count). The quantitative estimate of drug-likeness (QED) is 0.639. The Morgan fingerprint density at radius 3 is 2.38 bits per heavy atom. The first-order valence-corrected chi connectivity index (χ1v) is 10.1. The number of rotatable bonds is 8. The molecule has 0 saturated carbocycles. The number of para-hydroxylation sites is 1. The van der Waals surface area contributed by atoms with Crippen LogP contribution in [0.4, 0.5) is 0 Å². The molecule has 0 aliphatic carbocycles. The highest BCUT2D eigenvalue weighted by atomic mass is 16.2. The molecule has 0 bridgehead atoms. The number of hydrogen-bond acceptors (Lipinski definition) is 4. The van der Waals surface area contributed by atoms with E-state index in [1.165, 1.54) is 0 Å². The smallest absolute Gasteiger partial charge is 0.258 e. The number of carbonyl (C=O) groups is 1. The van der Waals surface area contributed by atoms with Gasteiger partial charge in [-0.15, -0.1) is 0 Å². The Morgan fingerprint density at radius 1 is 1.00 bits per heavy atom. The van der Waals surface area contributed by atoms with E-state index in [0.717, 1.165) is 5.56 Å². The molecule has 1 heterocycles. The molecule has 0 aliphatic rings. The molecule has 152 valence electrons. The van der Waals surface area contributed by atoms with Crippen LogP contribution in [0.2, 0.25) is 0 Å². The second-order valence-corrected chi connectivity index (χ2v) is 7.11. The molecule has 6 nitrogen and oxygen atoms in total. The fraction of sp³-hybridized carbons (Fsp3) is 0.348. The van der Waals surface area contributed by atoms with E-state index in [2.05, 4.69) is 9.97 Å². The summed E-state index contributed by atoms with van der Waals surface area (Å²) in [5, 5.41) is 0.573. The lowest BCUT2D eigenvalue weighted by Crippen LogP contribution is -2.46. The van der Waals surface area contributed by atoms with Crippen LogP contribution in [0.25, 0.3) is 10.9 Å². The van der Waals surface area contributed by atoms with Crippen LogP contribution in [0.1, 0.15) is 32.2 Å². The summed E-state index contributed by atoms with van der Waals surface area (Å²) in [6.07, 6.45) is 0. The fourth-order valence-corrected chi connectivity index (χ4v) is 3.49. The van der Waals surface area contributed by atoms with Crippen LogP contribution in [0.5, 0.6) is 0 Å². The lowest BCUT2D eigenvalue weighted by Gasteiger charge is -2.31. The molecule has 0 fully saturated rings. The Kier molecular flexibility index (Phi) is 6.77. The summed E-state index contributed by atoms with van der Waals surface area (Å²) in [5.74, 6) is 0.641. The molecule has 0 radical (unpaired) electrons. The van der Waals surface area contributed by atoms with E-state index in [9.17, 15) is 9.59 Å². The molecule has 1 N–H and O–H groups in total. The van der Waals surface area contributed by atoms with Gasteiger partial charge in [0, 0.05) is 13.1 Å². The number of nitrogens with one attached hydrogen (secondary N) is 1. The van der Waals surface area contributed by atoms with E-state index in [1.54, 1.807) is 6.07 Å². The average Bonchev–Trinajstić information content (AvgIpc) is 2.75. The first kappa shape index (κ1) is 20.7. The highest BCUT2D eigenvalue weighted by molar-refractivity contribution is 5.81. The van der Waals surface area contributed by atoms with Crippen molar-refractivity contribution >= 4 is 16.8 Å². The maximum atomic E-state index is 13.1. The van der Waals surface area contributed by atoms with Crippen molar-refractivity contribution < 1.29 is 4.79 Å². The molecule has 2 aromatic carbocycles. The predicted octanol–water partition coefficient (Wildman–Crippen LogP) is 3.18. The molecule has 0 aliphatic heterocycles. The van der Waals surface area contributed by atoms with Crippen molar-refractivity contribution in [2.24, 2.45) is 0 Å². The SMILES string of the molecule is CCN(Cc1ccccc1)C(=O)C(C)N(CC)Cc1nc2ccccc2c(=O)[nH]1. The van der Waals surface area contributed by atoms with E-state index in [4.69, 9.17) is 0 Å². The Labute approximate surface area is 171 Å². The summed E-state index contributed by atoms with van der Waals surface area (Å²) in [5.41, 5.74) is 1.62. The van der Waals surface area contributed by atoms with Gasteiger partial charge in [-0.05, 0) is 38.1 Å². The molecule has 29 heavy (non-hydrogen) atoms. The average molecular weight is 393 g/mol. The van der Waals surface area contributed by atoms with Crippen molar-refractivity contribution in [3.8, 4) is 0 Å². The molecule has 3 aromatic rings. The van der Waals surface area contributed by atoms with Crippen molar-refractivity contribution in [3.63, 3.8) is 0 Å². The number of benzene rings is 2. The lowest BCUT2D eigenvalue weighted by molar-refractivity contribution is -0.137. The zero-order valence-electron chi connectivity index (χ0n) is 17.3.